The number of fused-ring (bicyclic) bond motifs is 1. The Morgan fingerprint density at radius 3 is 2.43 bits per heavy atom. The Morgan fingerprint density at radius 2 is 1.78 bits per heavy atom. The van der Waals surface area contributed by atoms with E-state index in [1.54, 1.807) is 24.3 Å². The van der Waals surface area contributed by atoms with E-state index in [1.807, 2.05) is 6.92 Å². The summed E-state index contributed by atoms with van der Waals surface area (Å²) >= 11 is 1.37. The van der Waals surface area contributed by atoms with Gasteiger partial charge in [-0.05, 0) is 41.8 Å². The predicted molar refractivity (Wildman–Crippen MR) is 134 cm³/mol. The number of urea groups is 1. The van der Waals surface area contributed by atoms with Crippen molar-refractivity contribution in [1.82, 2.24) is 9.97 Å². The van der Waals surface area contributed by atoms with E-state index in [9.17, 15) is 27.2 Å². The van der Waals surface area contributed by atoms with Gasteiger partial charge < -0.3 is 22.1 Å². The Labute approximate surface area is 211 Å². The van der Waals surface area contributed by atoms with E-state index in [0.29, 0.717) is 39.7 Å². The molecule has 0 saturated heterocycles. The van der Waals surface area contributed by atoms with Crippen LogP contribution < -0.4 is 22.1 Å². The molecule has 0 radical (unpaired) electrons. The normalized spacial score (nSPS) is 12.4. The summed E-state index contributed by atoms with van der Waals surface area (Å²) in [7, 11) is 0. The van der Waals surface area contributed by atoms with Crippen LogP contribution >= 0.6 is 11.3 Å². The maximum absolute atomic E-state index is 14.0. The number of benzene rings is 2. The van der Waals surface area contributed by atoms with Gasteiger partial charge in [-0.3, -0.25) is 4.79 Å². The number of carbonyl (C=O) groups excluding carboxylic acids is 2. The molecule has 4 rings (SSSR count). The Balaban J connectivity index is 1.60. The summed E-state index contributed by atoms with van der Waals surface area (Å²) in [5.41, 5.74) is 11.5. The number of thiophene rings is 1. The molecule has 13 heteroatoms. The van der Waals surface area contributed by atoms with E-state index >= 15 is 0 Å². The van der Waals surface area contributed by atoms with Crippen molar-refractivity contribution in [2.75, 3.05) is 16.4 Å². The van der Waals surface area contributed by atoms with Crippen LogP contribution in [0.4, 0.5) is 39.5 Å². The zero-order valence-corrected chi connectivity index (χ0v) is 20.0. The van der Waals surface area contributed by atoms with E-state index < -0.39 is 35.2 Å². The molecular formula is C24H20F4N6O2S. The molecule has 0 aliphatic heterocycles. The number of alkyl halides is 3. The number of primary amides is 1. The number of halogens is 4. The Bertz CT molecular complexity index is 1490. The number of carbonyl (C=O) groups is 2. The molecule has 0 spiro atoms. The van der Waals surface area contributed by atoms with Gasteiger partial charge in [-0.15, -0.1) is 11.3 Å². The molecule has 6 N–H and O–H groups in total. The van der Waals surface area contributed by atoms with Crippen LogP contribution in [0.15, 0.2) is 48.8 Å². The van der Waals surface area contributed by atoms with Crippen molar-refractivity contribution < 1.29 is 27.2 Å². The van der Waals surface area contributed by atoms with Gasteiger partial charge in [-0.2, -0.15) is 13.2 Å². The van der Waals surface area contributed by atoms with Crippen LogP contribution in [0.25, 0.3) is 21.3 Å². The highest BCUT2D eigenvalue weighted by atomic mass is 32.1. The molecule has 8 nitrogen and oxygen atoms in total. The largest absolute Gasteiger partial charge is 0.416 e. The molecule has 0 aliphatic carbocycles. The molecule has 0 saturated carbocycles. The molecule has 2 heterocycles. The first-order chi connectivity index (χ1) is 17.4. The first-order valence-electron chi connectivity index (χ1n) is 10.8. The summed E-state index contributed by atoms with van der Waals surface area (Å²) in [5, 5.41) is 5.16. The molecule has 4 aromatic rings. The number of nitrogens with one attached hydrogen (secondary N) is 2. The second-order valence-electron chi connectivity index (χ2n) is 8.20. The topological polar surface area (TPSA) is 136 Å². The molecule has 0 aliphatic rings. The minimum Gasteiger partial charge on any atom is -0.383 e. The van der Waals surface area contributed by atoms with Crippen molar-refractivity contribution in [3.8, 4) is 11.1 Å². The number of rotatable bonds is 6. The summed E-state index contributed by atoms with van der Waals surface area (Å²) in [6.07, 6.45) is -3.23. The van der Waals surface area contributed by atoms with Crippen LogP contribution in [0.1, 0.15) is 29.7 Å². The molecule has 2 aromatic carbocycles. The maximum atomic E-state index is 14.0. The fourth-order valence-corrected chi connectivity index (χ4v) is 5.03. The average molecular weight is 533 g/mol. The number of aromatic nitrogens is 2. The zero-order valence-electron chi connectivity index (χ0n) is 19.2. The number of anilines is 3. The molecule has 37 heavy (non-hydrogen) atoms. The summed E-state index contributed by atoms with van der Waals surface area (Å²) in [4.78, 5) is 33.7. The van der Waals surface area contributed by atoms with Crippen LogP contribution in [0.5, 0.6) is 0 Å². The van der Waals surface area contributed by atoms with Crippen molar-refractivity contribution in [3.05, 3.63) is 65.0 Å². The fraction of sp³-hybridized carbons (Fsp3) is 0.167. The lowest BCUT2D eigenvalue weighted by atomic mass is 9.95. The van der Waals surface area contributed by atoms with Crippen LogP contribution in [-0.4, -0.2) is 21.9 Å². The molecule has 0 fully saturated rings. The lowest BCUT2D eigenvalue weighted by Crippen LogP contribution is -2.20. The van der Waals surface area contributed by atoms with Gasteiger partial charge >= 0.3 is 12.2 Å². The highest BCUT2D eigenvalue weighted by Gasteiger charge is 2.31. The molecule has 1 atom stereocenters. The highest BCUT2D eigenvalue weighted by molar-refractivity contribution is 7.19. The first kappa shape index (κ1) is 25.8. The molecule has 2 aromatic heterocycles. The van der Waals surface area contributed by atoms with Crippen molar-refractivity contribution >= 4 is 50.7 Å². The third kappa shape index (κ3) is 5.61. The van der Waals surface area contributed by atoms with Gasteiger partial charge in [0.2, 0.25) is 5.91 Å². The van der Waals surface area contributed by atoms with E-state index in [1.165, 1.54) is 17.7 Å². The van der Waals surface area contributed by atoms with E-state index in [0.717, 1.165) is 10.4 Å². The fourth-order valence-electron chi connectivity index (χ4n) is 3.80. The third-order valence-electron chi connectivity index (χ3n) is 5.47. The average Bonchev–Trinajstić information content (AvgIpc) is 3.21. The van der Waals surface area contributed by atoms with Crippen molar-refractivity contribution in [2.24, 2.45) is 5.73 Å². The molecule has 192 valence electrons. The number of nitrogens with zero attached hydrogens (tertiary/aromatic N) is 2. The second kappa shape index (κ2) is 10.0. The lowest BCUT2D eigenvalue weighted by Gasteiger charge is -2.13. The second-order valence-corrected chi connectivity index (χ2v) is 9.23. The number of nitrogens with two attached hydrogens (primary N) is 2. The van der Waals surface area contributed by atoms with Crippen LogP contribution in [0.3, 0.4) is 0 Å². The van der Waals surface area contributed by atoms with Gasteiger partial charge in [0.05, 0.1) is 16.6 Å². The zero-order chi connectivity index (χ0) is 26.9. The number of amides is 3. The predicted octanol–water partition coefficient (Wildman–Crippen LogP) is 5.72. The van der Waals surface area contributed by atoms with Crippen molar-refractivity contribution in [3.63, 3.8) is 0 Å². The van der Waals surface area contributed by atoms with Gasteiger partial charge in [0.15, 0.2) is 0 Å². The van der Waals surface area contributed by atoms with Gasteiger partial charge in [0, 0.05) is 22.5 Å². The van der Waals surface area contributed by atoms with E-state index in [2.05, 4.69) is 20.6 Å². The van der Waals surface area contributed by atoms with Gasteiger partial charge in [-0.25, -0.2) is 19.2 Å². The van der Waals surface area contributed by atoms with Gasteiger partial charge in [0.25, 0.3) is 0 Å². The summed E-state index contributed by atoms with van der Waals surface area (Å²) in [6.45, 7) is 1.86. The quantitative estimate of drug-likeness (QED) is 0.236. The van der Waals surface area contributed by atoms with E-state index in [4.69, 9.17) is 11.5 Å². The summed E-state index contributed by atoms with van der Waals surface area (Å²) in [6, 6.07) is 7.30. The number of nitrogen functional groups attached to an aromatic ring is 1. The maximum Gasteiger partial charge on any atom is 0.416 e. The monoisotopic (exact) mass is 532 g/mol. The van der Waals surface area contributed by atoms with Crippen molar-refractivity contribution in [1.29, 1.82) is 0 Å². The highest BCUT2D eigenvalue weighted by Crippen LogP contribution is 2.44. The molecular weight excluding hydrogens is 512 g/mol. The van der Waals surface area contributed by atoms with Gasteiger partial charge in [0.1, 0.15) is 22.8 Å². The number of hydrogen-bond donors (Lipinski definition) is 4. The SMILES string of the molecule is CC(CC(N)=O)c1sc2ncnc(N)c2c1-c1ccc(NC(=O)Nc2cc(C(F)(F)F)ccc2F)cc1. The van der Waals surface area contributed by atoms with Crippen LogP contribution in [0.2, 0.25) is 0 Å². The van der Waals surface area contributed by atoms with Gasteiger partial charge in [-0.1, -0.05) is 19.1 Å². The Kier molecular flexibility index (Phi) is 6.99. The smallest absolute Gasteiger partial charge is 0.383 e. The first-order valence-corrected chi connectivity index (χ1v) is 11.6. The molecule has 1 unspecified atom stereocenters. The standard InChI is InChI=1S/C24H20F4N6O2S/c1-11(8-17(29)35)20-18(19-21(30)31-10-32-22(19)37-20)12-2-5-14(6-3-12)33-23(36)34-16-9-13(24(26,27)28)4-7-15(16)25/h2-7,9-11H,8H2,1H3,(H2,29,35)(H2,30,31,32)(H2,33,34,36). The summed E-state index contributed by atoms with van der Waals surface area (Å²) in [5.74, 6) is -1.44. The minimum atomic E-state index is -4.69. The minimum absolute atomic E-state index is 0.110. The Morgan fingerprint density at radius 1 is 1.08 bits per heavy atom. The lowest BCUT2D eigenvalue weighted by molar-refractivity contribution is -0.137. The number of hydrogen-bond acceptors (Lipinski definition) is 6. The molecule has 3 amide bonds. The molecule has 0 bridgehead atoms. The van der Waals surface area contributed by atoms with Crippen LogP contribution in [-0.2, 0) is 11.0 Å². The Hall–Kier alpha value is -4.26. The third-order valence-corrected chi connectivity index (χ3v) is 6.80. The van der Waals surface area contributed by atoms with Crippen molar-refractivity contribution in [2.45, 2.75) is 25.4 Å². The summed E-state index contributed by atoms with van der Waals surface area (Å²) < 4.78 is 52.7. The van der Waals surface area contributed by atoms with E-state index in [-0.39, 0.29) is 18.2 Å². The van der Waals surface area contributed by atoms with Crippen LogP contribution in [0, 0.1) is 5.82 Å².